The van der Waals surface area contributed by atoms with Crippen LogP contribution in [0.25, 0.3) is 0 Å². The third-order valence-corrected chi connectivity index (χ3v) is 5.73. The maximum atomic E-state index is 12.2. The number of alkyl halides is 3. The van der Waals surface area contributed by atoms with Gasteiger partial charge in [-0.05, 0) is 36.0 Å². The minimum absolute atomic E-state index is 0.147. The van der Waals surface area contributed by atoms with E-state index >= 15 is 0 Å². The number of ether oxygens (including phenoxy) is 1. The van der Waals surface area contributed by atoms with E-state index in [4.69, 9.17) is 0 Å². The number of aliphatic hydroxyl groups is 1. The molecule has 1 unspecified atom stereocenters. The Balaban J connectivity index is 1.83. The van der Waals surface area contributed by atoms with Crippen LogP contribution in [0.2, 0.25) is 0 Å². The topological polar surface area (TPSA) is 78.8 Å². The molecule has 1 atom stereocenters. The predicted octanol–water partition coefficient (Wildman–Crippen LogP) is 4.67. The Hall–Kier alpha value is -2.26. The normalized spacial score (nSPS) is 16.7. The van der Waals surface area contributed by atoms with Crippen molar-refractivity contribution in [1.82, 2.24) is 0 Å². The van der Waals surface area contributed by atoms with Gasteiger partial charge in [0, 0.05) is 10.4 Å². The quantitative estimate of drug-likeness (QED) is 0.635. The fraction of sp³-hybridized carbons (Fsp3) is 0.389. The van der Waals surface area contributed by atoms with E-state index in [1.807, 2.05) is 13.8 Å². The van der Waals surface area contributed by atoms with E-state index in [1.54, 1.807) is 0 Å². The van der Waals surface area contributed by atoms with E-state index in [0.717, 1.165) is 35.4 Å². The largest absolute Gasteiger partial charge is 0.573 e. The Labute approximate surface area is 157 Å². The lowest BCUT2D eigenvalue weighted by Gasteiger charge is -2.20. The first-order chi connectivity index (χ1) is 12.5. The molecule has 3 N–H and O–H groups in total. The smallest absolute Gasteiger partial charge is 0.478 e. The molecule has 5 nitrogen and oxygen atoms in total. The van der Waals surface area contributed by atoms with Crippen molar-refractivity contribution in [2.45, 2.75) is 44.7 Å². The molecule has 1 heterocycles. The number of aryl methyl sites for hydroxylation is 1. The molecule has 146 valence electrons. The number of benzene rings is 1. The predicted molar refractivity (Wildman–Crippen MR) is 94.3 cm³/mol. The summed E-state index contributed by atoms with van der Waals surface area (Å²) in [5.74, 6) is -1.48. The molecule has 0 spiro atoms. The van der Waals surface area contributed by atoms with Gasteiger partial charge in [-0.25, -0.2) is 4.79 Å². The van der Waals surface area contributed by atoms with Gasteiger partial charge in [-0.3, -0.25) is 0 Å². The van der Waals surface area contributed by atoms with E-state index in [0.29, 0.717) is 5.00 Å². The van der Waals surface area contributed by atoms with Crippen LogP contribution >= 0.6 is 11.3 Å². The fourth-order valence-electron chi connectivity index (χ4n) is 3.29. The standard InChI is InChI=1S/C18H18F3NO4S/c1-17(2)8-7-11-13(17)12(16(24)25)15(27-11)22-14(23)9-3-5-10(6-4-9)26-18(19,20)21/h3-6,14,22-23H,7-8H2,1-2H3,(H,24,25). The number of thiophene rings is 1. The Morgan fingerprint density at radius 2 is 1.93 bits per heavy atom. The first-order valence-electron chi connectivity index (χ1n) is 8.18. The van der Waals surface area contributed by atoms with Crippen LogP contribution in [0.5, 0.6) is 5.75 Å². The second-order valence-corrected chi connectivity index (χ2v) is 8.06. The first-order valence-corrected chi connectivity index (χ1v) is 8.99. The van der Waals surface area contributed by atoms with Gasteiger partial charge in [-0.15, -0.1) is 24.5 Å². The monoisotopic (exact) mass is 401 g/mol. The summed E-state index contributed by atoms with van der Waals surface area (Å²) >= 11 is 1.29. The molecule has 0 saturated heterocycles. The van der Waals surface area contributed by atoms with Crippen molar-refractivity contribution >= 4 is 22.3 Å². The maximum absolute atomic E-state index is 12.2. The van der Waals surface area contributed by atoms with Crippen molar-refractivity contribution < 1.29 is 32.9 Å². The first kappa shape index (κ1) is 19.5. The summed E-state index contributed by atoms with van der Waals surface area (Å²) in [6, 6.07) is 4.74. The third kappa shape index (κ3) is 4.03. The van der Waals surface area contributed by atoms with E-state index < -0.39 is 24.3 Å². The van der Waals surface area contributed by atoms with E-state index in [2.05, 4.69) is 10.1 Å². The molecule has 0 aliphatic heterocycles. The third-order valence-electron chi connectivity index (χ3n) is 4.55. The summed E-state index contributed by atoms with van der Waals surface area (Å²) in [5, 5.41) is 23.1. The zero-order chi connectivity index (χ0) is 20.0. The molecule has 1 aromatic heterocycles. The van der Waals surface area contributed by atoms with Gasteiger partial charge in [0.25, 0.3) is 0 Å². The van der Waals surface area contributed by atoms with Crippen molar-refractivity contribution in [3.05, 3.63) is 45.8 Å². The molecule has 0 radical (unpaired) electrons. The van der Waals surface area contributed by atoms with Gasteiger partial charge in [0.15, 0.2) is 6.23 Å². The van der Waals surface area contributed by atoms with Gasteiger partial charge in [0.2, 0.25) is 0 Å². The van der Waals surface area contributed by atoms with Crippen LogP contribution in [0, 0.1) is 0 Å². The average Bonchev–Trinajstić information content (AvgIpc) is 3.04. The van der Waals surface area contributed by atoms with Gasteiger partial charge in [0.1, 0.15) is 10.8 Å². The number of carbonyl (C=O) groups is 1. The number of hydrogen-bond acceptors (Lipinski definition) is 5. The fourth-order valence-corrected chi connectivity index (χ4v) is 4.68. The highest BCUT2D eigenvalue weighted by Gasteiger charge is 2.38. The summed E-state index contributed by atoms with van der Waals surface area (Å²) in [5.41, 5.74) is 0.951. The van der Waals surface area contributed by atoms with E-state index in [9.17, 15) is 28.2 Å². The number of fused-ring (bicyclic) bond motifs is 1. The number of carboxylic acid groups (broad SMARTS) is 1. The number of halogens is 3. The lowest BCUT2D eigenvalue weighted by molar-refractivity contribution is -0.274. The van der Waals surface area contributed by atoms with Crippen molar-refractivity contribution in [1.29, 1.82) is 0 Å². The van der Waals surface area contributed by atoms with Crippen molar-refractivity contribution in [3.8, 4) is 5.75 Å². The Kier molecular flexibility index (Phi) is 4.85. The Morgan fingerprint density at radius 1 is 1.30 bits per heavy atom. The highest BCUT2D eigenvalue weighted by Crippen LogP contribution is 2.48. The summed E-state index contributed by atoms with van der Waals surface area (Å²) in [4.78, 5) is 12.8. The molecule has 1 aliphatic carbocycles. The SMILES string of the molecule is CC1(C)CCc2sc(NC(O)c3ccc(OC(F)(F)F)cc3)c(C(=O)O)c21. The molecule has 2 aromatic rings. The van der Waals surface area contributed by atoms with Crippen LogP contribution in [0.4, 0.5) is 18.2 Å². The number of anilines is 1. The molecular formula is C18H18F3NO4S. The van der Waals surface area contributed by atoms with Crippen molar-refractivity contribution in [2.75, 3.05) is 5.32 Å². The summed E-state index contributed by atoms with van der Waals surface area (Å²) < 4.78 is 40.4. The molecular weight excluding hydrogens is 383 g/mol. The minimum Gasteiger partial charge on any atom is -0.478 e. The second-order valence-electron chi connectivity index (χ2n) is 6.96. The summed E-state index contributed by atoms with van der Waals surface area (Å²) in [7, 11) is 0. The lowest BCUT2D eigenvalue weighted by Crippen LogP contribution is -2.18. The van der Waals surface area contributed by atoms with Gasteiger partial charge in [0.05, 0.1) is 5.56 Å². The number of hydrogen-bond donors (Lipinski definition) is 3. The van der Waals surface area contributed by atoms with Crippen LogP contribution in [0.3, 0.4) is 0 Å². The van der Waals surface area contributed by atoms with Crippen LogP contribution in [-0.4, -0.2) is 22.5 Å². The Bertz CT molecular complexity index is 859. The molecule has 0 bridgehead atoms. The van der Waals surface area contributed by atoms with Gasteiger partial charge >= 0.3 is 12.3 Å². The molecule has 0 fully saturated rings. The number of rotatable bonds is 5. The molecule has 0 saturated carbocycles. The number of carboxylic acids is 1. The van der Waals surface area contributed by atoms with E-state index in [1.165, 1.54) is 23.5 Å². The molecule has 1 aromatic carbocycles. The Morgan fingerprint density at radius 3 is 2.48 bits per heavy atom. The zero-order valence-corrected chi connectivity index (χ0v) is 15.4. The molecule has 1 aliphatic rings. The van der Waals surface area contributed by atoms with Gasteiger partial charge < -0.3 is 20.3 Å². The second kappa shape index (κ2) is 6.72. The zero-order valence-electron chi connectivity index (χ0n) is 14.6. The molecule has 9 heteroatoms. The minimum atomic E-state index is -4.79. The van der Waals surface area contributed by atoms with E-state index in [-0.39, 0.29) is 16.5 Å². The van der Waals surface area contributed by atoms with Gasteiger partial charge in [-0.2, -0.15) is 0 Å². The highest BCUT2D eigenvalue weighted by atomic mass is 32.1. The van der Waals surface area contributed by atoms with Crippen LogP contribution in [0.15, 0.2) is 24.3 Å². The highest BCUT2D eigenvalue weighted by molar-refractivity contribution is 7.16. The van der Waals surface area contributed by atoms with Crippen molar-refractivity contribution in [2.24, 2.45) is 0 Å². The number of aromatic carboxylic acids is 1. The lowest BCUT2D eigenvalue weighted by atomic mass is 9.85. The van der Waals surface area contributed by atoms with Crippen LogP contribution < -0.4 is 10.1 Å². The summed E-state index contributed by atoms with van der Waals surface area (Å²) in [6.07, 6.45) is -4.43. The number of nitrogens with one attached hydrogen (secondary N) is 1. The van der Waals surface area contributed by atoms with Crippen molar-refractivity contribution in [3.63, 3.8) is 0 Å². The molecule has 0 amide bonds. The molecule has 27 heavy (non-hydrogen) atoms. The van der Waals surface area contributed by atoms with Crippen LogP contribution in [0.1, 0.15) is 52.9 Å². The van der Waals surface area contributed by atoms with Gasteiger partial charge in [-0.1, -0.05) is 26.0 Å². The summed E-state index contributed by atoms with van der Waals surface area (Å²) in [6.45, 7) is 3.97. The van der Waals surface area contributed by atoms with Crippen LogP contribution in [-0.2, 0) is 11.8 Å². The maximum Gasteiger partial charge on any atom is 0.573 e. The molecule has 3 rings (SSSR count). The number of aliphatic hydroxyl groups excluding tert-OH is 1. The average molecular weight is 401 g/mol.